The Balaban J connectivity index is 2.01. The van der Waals surface area contributed by atoms with E-state index in [1.807, 2.05) is 0 Å². The Bertz CT molecular complexity index is 407. The minimum Gasteiger partial charge on any atom is -0.392 e. The highest BCUT2D eigenvalue weighted by atomic mass is 79.9. The smallest absolute Gasteiger partial charge is 0.126 e. The molecule has 1 saturated carbocycles. The lowest BCUT2D eigenvalue weighted by Crippen LogP contribution is -2.28. The summed E-state index contributed by atoms with van der Waals surface area (Å²) in [6, 6.07) is 4.91. The van der Waals surface area contributed by atoms with Crippen LogP contribution in [0.1, 0.15) is 38.2 Å². The predicted molar refractivity (Wildman–Crippen MR) is 74.9 cm³/mol. The molecule has 0 aromatic heterocycles. The van der Waals surface area contributed by atoms with Crippen LogP contribution in [-0.2, 0) is 6.42 Å². The van der Waals surface area contributed by atoms with E-state index in [1.165, 1.54) is 18.9 Å². The molecule has 1 aromatic rings. The zero-order valence-electron chi connectivity index (χ0n) is 10.7. The van der Waals surface area contributed by atoms with Gasteiger partial charge < -0.3 is 5.11 Å². The first-order chi connectivity index (χ1) is 8.56. The molecule has 100 valence electrons. The zero-order valence-corrected chi connectivity index (χ0v) is 12.3. The molecular weight excluding hydrogens is 295 g/mol. The maximum atomic E-state index is 13.6. The van der Waals surface area contributed by atoms with Crippen LogP contribution in [0.2, 0.25) is 0 Å². The van der Waals surface area contributed by atoms with Crippen LogP contribution >= 0.6 is 15.9 Å². The van der Waals surface area contributed by atoms with Crippen molar-refractivity contribution in [1.82, 2.24) is 0 Å². The molecule has 1 aliphatic rings. The van der Waals surface area contributed by atoms with E-state index in [2.05, 4.69) is 22.9 Å². The Morgan fingerprint density at radius 1 is 1.44 bits per heavy atom. The van der Waals surface area contributed by atoms with Gasteiger partial charge in [0.25, 0.3) is 0 Å². The molecule has 0 radical (unpaired) electrons. The van der Waals surface area contributed by atoms with Crippen molar-refractivity contribution >= 4 is 15.9 Å². The van der Waals surface area contributed by atoms with Gasteiger partial charge >= 0.3 is 0 Å². The third-order valence-corrected chi connectivity index (χ3v) is 4.45. The first-order valence-electron chi connectivity index (χ1n) is 6.68. The molecule has 0 aliphatic heterocycles. The molecule has 3 unspecified atom stereocenters. The lowest BCUT2D eigenvalue weighted by Gasteiger charge is -2.30. The normalized spacial score (nSPS) is 26.0. The van der Waals surface area contributed by atoms with Crippen LogP contribution in [0.15, 0.2) is 22.7 Å². The molecule has 2 rings (SSSR count). The molecular formula is C15H20BrFO. The van der Waals surface area contributed by atoms with E-state index in [-0.39, 0.29) is 5.82 Å². The lowest BCUT2D eigenvalue weighted by molar-refractivity contribution is 0.0713. The molecule has 0 saturated heterocycles. The molecule has 1 aromatic carbocycles. The first kappa shape index (κ1) is 14.0. The Kier molecular flexibility index (Phi) is 4.79. The van der Waals surface area contributed by atoms with Gasteiger partial charge in [-0.05, 0) is 48.4 Å². The number of hydrogen-bond donors (Lipinski definition) is 1. The van der Waals surface area contributed by atoms with Crippen molar-refractivity contribution in [3.8, 4) is 0 Å². The molecule has 1 nitrogen and oxygen atoms in total. The van der Waals surface area contributed by atoms with E-state index in [0.717, 1.165) is 17.3 Å². The van der Waals surface area contributed by atoms with Crippen LogP contribution in [-0.4, -0.2) is 11.2 Å². The highest BCUT2D eigenvalue weighted by molar-refractivity contribution is 9.10. The van der Waals surface area contributed by atoms with Crippen molar-refractivity contribution in [2.24, 2.45) is 11.8 Å². The van der Waals surface area contributed by atoms with Crippen molar-refractivity contribution in [1.29, 1.82) is 0 Å². The van der Waals surface area contributed by atoms with Gasteiger partial charge in [0.05, 0.1) is 6.10 Å². The van der Waals surface area contributed by atoms with Crippen LogP contribution in [0.25, 0.3) is 0 Å². The summed E-state index contributed by atoms with van der Waals surface area (Å²) in [4.78, 5) is 0. The Hall–Kier alpha value is -0.410. The van der Waals surface area contributed by atoms with Crippen molar-refractivity contribution in [2.45, 2.75) is 45.1 Å². The largest absolute Gasteiger partial charge is 0.392 e. The number of aliphatic hydroxyl groups is 1. The maximum Gasteiger partial charge on any atom is 0.126 e. The first-order valence-corrected chi connectivity index (χ1v) is 7.47. The van der Waals surface area contributed by atoms with Gasteiger partial charge in [0, 0.05) is 10.9 Å². The Morgan fingerprint density at radius 3 is 2.94 bits per heavy atom. The number of aliphatic hydroxyl groups excluding tert-OH is 1. The standard InChI is InChI=1S/C15H20BrFO/c1-10-3-2-4-11(7-10)15(18)9-12-8-13(16)5-6-14(12)17/h5-6,8,10-11,15,18H,2-4,7,9H2,1H3. The van der Waals surface area contributed by atoms with Gasteiger partial charge in [-0.2, -0.15) is 0 Å². The summed E-state index contributed by atoms with van der Waals surface area (Å²) in [5, 5.41) is 10.3. The van der Waals surface area contributed by atoms with Crippen LogP contribution in [0.4, 0.5) is 4.39 Å². The summed E-state index contributed by atoms with van der Waals surface area (Å²) in [7, 11) is 0. The number of halogens is 2. The SMILES string of the molecule is CC1CCCC(C(O)Cc2cc(Br)ccc2F)C1. The van der Waals surface area contributed by atoms with E-state index >= 15 is 0 Å². The van der Waals surface area contributed by atoms with Crippen molar-refractivity contribution in [2.75, 3.05) is 0 Å². The highest BCUT2D eigenvalue weighted by Gasteiger charge is 2.26. The number of rotatable bonds is 3. The molecule has 1 N–H and O–H groups in total. The maximum absolute atomic E-state index is 13.6. The molecule has 0 heterocycles. The van der Waals surface area contributed by atoms with Gasteiger partial charge in [-0.25, -0.2) is 4.39 Å². The minimum absolute atomic E-state index is 0.221. The van der Waals surface area contributed by atoms with E-state index in [1.54, 1.807) is 12.1 Å². The van der Waals surface area contributed by atoms with Gasteiger partial charge in [-0.15, -0.1) is 0 Å². The minimum atomic E-state index is -0.420. The third-order valence-electron chi connectivity index (χ3n) is 3.96. The predicted octanol–water partition coefficient (Wildman–Crippen LogP) is 4.32. The van der Waals surface area contributed by atoms with Gasteiger partial charge in [0.1, 0.15) is 5.82 Å². The summed E-state index contributed by atoms with van der Waals surface area (Å²) in [6.07, 6.45) is 4.58. The molecule has 3 heteroatoms. The molecule has 18 heavy (non-hydrogen) atoms. The Morgan fingerprint density at radius 2 is 2.22 bits per heavy atom. The topological polar surface area (TPSA) is 20.2 Å². The summed E-state index contributed by atoms with van der Waals surface area (Å²) < 4.78 is 14.5. The van der Waals surface area contributed by atoms with Gasteiger partial charge in [0.2, 0.25) is 0 Å². The number of benzene rings is 1. The second kappa shape index (κ2) is 6.16. The van der Waals surface area contributed by atoms with Crippen LogP contribution in [0, 0.1) is 17.7 Å². The molecule has 3 atom stereocenters. The fourth-order valence-electron chi connectivity index (χ4n) is 2.92. The molecule has 0 spiro atoms. The fourth-order valence-corrected chi connectivity index (χ4v) is 3.33. The van der Waals surface area contributed by atoms with Crippen molar-refractivity contribution in [3.63, 3.8) is 0 Å². The van der Waals surface area contributed by atoms with Crippen LogP contribution in [0.5, 0.6) is 0 Å². The number of hydrogen-bond acceptors (Lipinski definition) is 1. The average molecular weight is 315 g/mol. The summed E-state index contributed by atoms with van der Waals surface area (Å²) in [6.45, 7) is 2.23. The van der Waals surface area contributed by atoms with E-state index in [0.29, 0.717) is 23.8 Å². The summed E-state index contributed by atoms with van der Waals surface area (Å²) in [5.41, 5.74) is 0.607. The molecule has 1 fully saturated rings. The van der Waals surface area contributed by atoms with Gasteiger partial charge in [-0.1, -0.05) is 35.7 Å². The quantitative estimate of drug-likeness (QED) is 0.881. The second-order valence-electron chi connectivity index (χ2n) is 5.54. The zero-order chi connectivity index (χ0) is 13.1. The van der Waals surface area contributed by atoms with E-state index in [9.17, 15) is 9.50 Å². The van der Waals surface area contributed by atoms with Crippen molar-refractivity contribution < 1.29 is 9.50 Å². The third kappa shape index (κ3) is 3.55. The van der Waals surface area contributed by atoms with Crippen LogP contribution in [0.3, 0.4) is 0 Å². The summed E-state index contributed by atoms with van der Waals surface area (Å²) in [5.74, 6) is 0.791. The fraction of sp³-hybridized carbons (Fsp3) is 0.600. The van der Waals surface area contributed by atoms with E-state index < -0.39 is 6.10 Å². The molecule has 0 amide bonds. The average Bonchev–Trinajstić information content (AvgIpc) is 2.34. The lowest BCUT2D eigenvalue weighted by atomic mass is 9.78. The van der Waals surface area contributed by atoms with Crippen LogP contribution < -0.4 is 0 Å². The second-order valence-corrected chi connectivity index (χ2v) is 6.45. The Labute approximate surface area is 117 Å². The molecule has 1 aliphatic carbocycles. The van der Waals surface area contributed by atoms with Gasteiger partial charge in [0.15, 0.2) is 0 Å². The monoisotopic (exact) mass is 314 g/mol. The van der Waals surface area contributed by atoms with E-state index in [4.69, 9.17) is 0 Å². The summed E-state index contributed by atoms with van der Waals surface area (Å²) >= 11 is 3.34. The van der Waals surface area contributed by atoms with Gasteiger partial charge in [-0.3, -0.25) is 0 Å². The molecule has 0 bridgehead atoms. The highest BCUT2D eigenvalue weighted by Crippen LogP contribution is 2.32. The van der Waals surface area contributed by atoms with Crippen molar-refractivity contribution in [3.05, 3.63) is 34.1 Å².